The Morgan fingerprint density at radius 2 is 2.11 bits per heavy atom. The summed E-state index contributed by atoms with van der Waals surface area (Å²) >= 11 is 0. The maximum Gasteiger partial charge on any atom is 0.304 e. The van der Waals surface area contributed by atoms with Gasteiger partial charge in [0.15, 0.2) is 0 Å². The molecule has 0 aliphatic rings. The van der Waals surface area contributed by atoms with E-state index in [1.807, 2.05) is 0 Å². The largest absolute Gasteiger partial charge is 0.368 e. The Morgan fingerprint density at radius 1 is 1.47 bits per heavy atom. The molecule has 0 spiro atoms. The molecule has 0 saturated carbocycles. The molecule has 102 valence electrons. The number of carbonyl (C=O) groups excluding carboxylic acids is 2. The van der Waals surface area contributed by atoms with E-state index in [1.54, 1.807) is 6.92 Å². The van der Waals surface area contributed by atoms with Gasteiger partial charge in [-0.1, -0.05) is 0 Å². The van der Waals surface area contributed by atoms with Crippen LogP contribution in [0.2, 0.25) is 0 Å². The summed E-state index contributed by atoms with van der Waals surface area (Å²) in [5.74, 6) is -2.42. The molecule has 2 N–H and O–H groups in total. The van der Waals surface area contributed by atoms with E-state index in [2.05, 4.69) is 0 Å². The zero-order valence-corrected chi connectivity index (χ0v) is 10.1. The Morgan fingerprint density at radius 3 is 2.53 bits per heavy atom. The number of benzene rings is 1. The molecule has 1 aromatic rings. The normalized spacial score (nSPS) is 10.0. The number of nitro groups is 1. The fourth-order valence-electron chi connectivity index (χ4n) is 1.49. The van der Waals surface area contributed by atoms with Crippen LogP contribution in [0.15, 0.2) is 18.2 Å². The van der Waals surface area contributed by atoms with Crippen LogP contribution >= 0.6 is 0 Å². The number of hydrogen-bond donors (Lipinski definition) is 1. The lowest BCUT2D eigenvalue weighted by molar-refractivity contribution is -0.387. The topological polar surface area (TPSA) is 107 Å². The van der Waals surface area contributed by atoms with Crippen LogP contribution in [0.5, 0.6) is 0 Å². The Bertz CT molecular complexity index is 533. The summed E-state index contributed by atoms with van der Waals surface area (Å²) in [7, 11) is 0. The van der Waals surface area contributed by atoms with Crippen LogP contribution in [0.4, 0.5) is 10.1 Å². The van der Waals surface area contributed by atoms with E-state index in [-0.39, 0.29) is 18.7 Å². The number of rotatable bonds is 5. The molecule has 0 unspecified atom stereocenters. The van der Waals surface area contributed by atoms with Crippen molar-refractivity contribution in [3.8, 4) is 0 Å². The predicted molar refractivity (Wildman–Crippen MR) is 63.8 cm³/mol. The van der Waals surface area contributed by atoms with E-state index in [0.717, 1.165) is 23.1 Å². The second-order valence-electron chi connectivity index (χ2n) is 3.71. The van der Waals surface area contributed by atoms with E-state index in [0.29, 0.717) is 0 Å². The molecule has 7 nitrogen and oxygen atoms in total. The zero-order valence-electron chi connectivity index (χ0n) is 10.1. The fraction of sp³-hybridized carbons (Fsp3) is 0.273. The molecule has 2 amide bonds. The number of likely N-dealkylation sites (N-methyl/N-ethyl adjacent to an activating group) is 1. The number of carbonyl (C=O) groups is 2. The maximum absolute atomic E-state index is 13.4. The maximum atomic E-state index is 13.4. The second-order valence-corrected chi connectivity index (χ2v) is 3.71. The Kier molecular flexibility index (Phi) is 4.51. The van der Waals surface area contributed by atoms with Gasteiger partial charge in [-0.15, -0.1) is 0 Å². The third-order valence-electron chi connectivity index (χ3n) is 2.41. The summed E-state index contributed by atoms with van der Waals surface area (Å²) in [4.78, 5) is 33.4. The van der Waals surface area contributed by atoms with Crippen molar-refractivity contribution in [3.05, 3.63) is 39.7 Å². The van der Waals surface area contributed by atoms with Crippen molar-refractivity contribution >= 4 is 17.5 Å². The van der Waals surface area contributed by atoms with Crippen molar-refractivity contribution in [2.75, 3.05) is 13.1 Å². The van der Waals surface area contributed by atoms with Crippen molar-refractivity contribution in [1.82, 2.24) is 4.90 Å². The predicted octanol–water partition coefficient (Wildman–Crippen LogP) is 0.681. The Labute approximate surface area is 107 Å². The second kappa shape index (κ2) is 5.89. The monoisotopic (exact) mass is 269 g/mol. The first-order chi connectivity index (χ1) is 8.86. The molecule has 0 saturated heterocycles. The van der Waals surface area contributed by atoms with Crippen LogP contribution in [0.3, 0.4) is 0 Å². The summed E-state index contributed by atoms with van der Waals surface area (Å²) in [5, 5.41) is 10.4. The number of nitro benzene ring substituents is 1. The highest BCUT2D eigenvalue weighted by Gasteiger charge is 2.20. The molecule has 0 fully saturated rings. The van der Waals surface area contributed by atoms with Gasteiger partial charge in [0.25, 0.3) is 5.91 Å². The van der Waals surface area contributed by atoms with Crippen molar-refractivity contribution in [2.45, 2.75) is 6.92 Å². The molecule has 1 rings (SSSR count). The summed E-state index contributed by atoms with van der Waals surface area (Å²) in [6, 6.07) is 2.80. The smallest absolute Gasteiger partial charge is 0.304 e. The highest BCUT2D eigenvalue weighted by molar-refractivity contribution is 5.96. The van der Waals surface area contributed by atoms with Gasteiger partial charge in [0.2, 0.25) is 11.7 Å². The first-order valence-corrected chi connectivity index (χ1v) is 5.38. The van der Waals surface area contributed by atoms with Gasteiger partial charge < -0.3 is 10.6 Å². The minimum atomic E-state index is -1.11. The van der Waals surface area contributed by atoms with E-state index in [4.69, 9.17) is 5.73 Å². The highest BCUT2D eigenvalue weighted by Crippen LogP contribution is 2.18. The van der Waals surface area contributed by atoms with Crippen molar-refractivity contribution in [3.63, 3.8) is 0 Å². The SMILES string of the molecule is CCN(CC(N)=O)C(=O)c1ccc([N+](=O)[O-])c(F)c1. The first kappa shape index (κ1) is 14.6. The van der Waals surface area contributed by atoms with Crippen molar-refractivity contribution in [1.29, 1.82) is 0 Å². The molecule has 0 bridgehead atoms. The number of nitrogens with two attached hydrogens (primary N) is 1. The van der Waals surface area contributed by atoms with Crippen LogP contribution in [0.1, 0.15) is 17.3 Å². The van der Waals surface area contributed by atoms with Crippen LogP contribution in [0, 0.1) is 15.9 Å². The van der Waals surface area contributed by atoms with Gasteiger partial charge in [-0.25, -0.2) is 0 Å². The molecule has 8 heteroatoms. The Balaban J connectivity index is 3.02. The average Bonchev–Trinajstić information content (AvgIpc) is 2.34. The molecule has 19 heavy (non-hydrogen) atoms. The lowest BCUT2D eigenvalue weighted by Crippen LogP contribution is -2.38. The average molecular weight is 269 g/mol. The van der Waals surface area contributed by atoms with Gasteiger partial charge >= 0.3 is 5.69 Å². The number of halogens is 1. The van der Waals surface area contributed by atoms with Gasteiger partial charge in [0.1, 0.15) is 0 Å². The summed E-state index contributed by atoms with van der Waals surface area (Å²) < 4.78 is 13.4. The molecule has 0 radical (unpaired) electrons. The molecule has 0 aromatic heterocycles. The number of hydrogen-bond acceptors (Lipinski definition) is 4. The van der Waals surface area contributed by atoms with Crippen LogP contribution in [-0.4, -0.2) is 34.7 Å². The highest BCUT2D eigenvalue weighted by atomic mass is 19.1. The molecule has 0 atom stereocenters. The van der Waals surface area contributed by atoms with E-state index >= 15 is 0 Å². The minimum Gasteiger partial charge on any atom is -0.368 e. The lowest BCUT2D eigenvalue weighted by Gasteiger charge is -2.18. The molecule has 1 aromatic carbocycles. The number of amides is 2. The zero-order chi connectivity index (χ0) is 14.6. The lowest BCUT2D eigenvalue weighted by atomic mass is 10.1. The molecule has 0 heterocycles. The summed E-state index contributed by atoms with van der Waals surface area (Å²) in [6.45, 7) is 1.54. The molecule has 0 aliphatic heterocycles. The van der Waals surface area contributed by atoms with E-state index in [1.165, 1.54) is 0 Å². The van der Waals surface area contributed by atoms with E-state index in [9.17, 15) is 24.1 Å². The minimum absolute atomic E-state index is 0.0776. The Hall–Kier alpha value is -2.51. The third kappa shape index (κ3) is 3.47. The van der Waals surface area contributed by atoms with Gasteiger partial charge in [-0.2, -0.15) is 4.39 Å². The van der Waals surface area contributed by atoms with Crippen LogP contribution in [0.25, 0.3) is 0 Å². The third-order valence-corrected chi connectivity index (χ3v) is 2.41. The molecule has 0 aliphatic carbocycles. The van der Waals surface area contributed by atoms with Gasteiger partial charge in [-0.05, 0) is 19.1 Å². The molecular formula is C11H12FN3O4. The summed E-state index contributed by atoms with van der Waals surface area (Å²) in [5.41, 5.74) is 4.19. The van der Waals surface area contributed by atoms with E-state index < -0.39 is 28.2 Å². The van der Waals surface area contributed by atoms with Crippen LogP contribution in [-0.2, 0) is 4.79 Å². The standard InChI is InChI=1S/C11H12FN3O4/c1-2-14(6-10(13)16)11(17)7-3-4-9(15(18)19)8(12)5-7/h3-5H,2,6H2,1H3,(H2,13,16). The van der Waals surface area contributed by atoms with Gasteiger partial charge in [-0.3, -0.25) is 19.7 Å². The number of nitrogens with zero attached hydrogens (tertiary/aromatic N) is 2. The quantitative estimate of drug-likeness (QED) is 0.626. The fourth-order valence-corrected chi connectivity index (χ4v) is 1.49. The van der Waals surface area contributed by atoms with Gasteiger partial charge in [0.05, 0.1) is 11.5 Å². The van der Waals surface area contributed by atoms with Crippen molar-refractivity contribution in [2.24, 2.45) is 5.73 Å². The van der Waals surface area contributed by atoms with Crippen molar-refractivity contribution < 1.29 is 18.9 Å². The van der Waals surface area contributed by atoms with Gasteiger partial charge in [0, 0.05) is 18.2 Å². The number of primary amides is 1. The summed E-state index contributed by atoms with van der Waals surface area (Å²) in [6.07, 6.45) is 0. The molecular weight excluding hydrogens is 257 g/mol. The van der Waals surface area contributed by atoms with Crippen LogP contribution < -0.4 is 5.73 Å². The first-order valence-electron chi connectivity index (χ1n) is 5.38.